The predicted octanol–water partition coefficient (Wildman–Crippen LogP) is 2.16. The number of carbonyl (C=O) groups excluding carboxylic acids is 1. The topological polar surface area (TPSA) is 90.5 Å². The normalized spacial score (nSPS) is 10.1. The third-order valence-corrected chi connectivity index (χ3v) is 2.85. The molecule has 1 aromatic carbocycles. The summed E-state index contributed by atoms with van der Waals surface area (Å²) in [7, 11) is 0. The van der Waals surface area contributed by atoms with Crippen LogP contribution in [0.1, 0.15) is 23.7 Å². The number of aromatic carboxylic acids is 1. The fourth-order valence-corrected chi connectivity index (χ4v) is 1.73. The van der Waals surface area contributed by atoms with Crippen molar-refractivity contribution in [1.82, 2.24) is 10.6 Å². The standard InChI is InChI=1S/C13H18ClN3O3/c1-2-15-6-3-7-16-13(20)17-9-4-5-11(14)10(8-9)12(18)19/h4-5,8,15H,2-3,6-7H2,1H3,(H,18,19)(H2,16,17,20). The Morgan fingerprint density at radius 2 is 2.05 bits per heavy atom. The lowest BCUT2D eigenvalue weighted by atomic mass is 10.2. The van der Waals surface area contributed by atoms with Crippen LogP contribution in [-0.4, -0.2) is 36.7 Å². The maximum absolute atomic E-state index is 11.6. The molecule has 0 aliphatic heterocycles. The highest BCUT2D eigenvalue weighted by Crippen LogP contribution is 2.20. The Labute approximate surface area is 122 Å². The Balaban J connectivity index is 2.46. The summed E-state index contributed by atoms with van der Waals surface area (Å²) in [6.45, 7) is 4.29. The monoisotopic (exact) mass is 299 g/mol. The van der Waals surface area contributed by atoms with Gasteiger partial charge < -0.3 is 21.1 Å². The molecular weight excluding hydrogens is 282 g/mol. The third kappa shape index (κ3) is 5.46. The lowest BCUT2D eigenvalue weighted by Gasteiger charge is -2.09. The fraction of sp³-hybridized carbons (Fsp3) is 0.385. The first-order valence-corrected chi connectivity index (χ1v) is 6.70. The van der Waals surface area contributed by atoms with E-state index in [9.17, 15) is 9.59 Å². The first-order valence-electron chi connectivity index (χ1n) is 6.33. The van der Waals surface area contributed by atoms with Gasteiger partial charge in [-0.3, -0.25) is 0 Å². The van der Waals surface area contributed by atoms with Crippen LogP contribution in [0.4, 0.5) is 10.5 Å². The molecule has 1 rings (SSSR count). The van der Waals surface area contributed by atoms with Gasteiger partial charge in [-0.2, -0.15) is 0 Å². The van der Waals surface area contributed by atoms with E-state index in [1.165, 1.54) is 12.1 Å². The van der Waals surface area contributed by atoms with Crippen LogP contribution in [0.25, 0.3) is 0 Å². The zero-order valence-corrected chi connectivity index (χ0v) is 12.0. The third-order valence-electron chi connectivity index (χ3n) is 2.52. The summed E-state index contributed by atoms with van der Waals surface area (Å²) in [5, 5.41) is 17.5. The molecular formula is C13H18ClN3O3. The van der Waals surface area contributed by atoms with E-state index >= 15 is 0 Å². The Morgan fingerprint density at radius 1 is 1.30 bits per heavy atom. The Bertz CT molecular complexity index is 480. The quantitative estimate of drug-likeness (QED) is 0.581. The van der Waals surface area contributed by atoms with Crippen LogP contribution in [0.5, 0.6) is 0 Å². The van der Waals surface area contributed by atoms with Crippen molar-refractivity contribution >= 4 is 29.3 Å². The number of hydrogen-bond donors (Lipinski definition) is 4. The van der Waals surface area contributed by atoms with E-state index in [-0.39, 0.29) is 16.6 Å². The summed E-state index contributed by atoms with van der Waals surface area (Å²) in [5.74, 6) is -1.13. The Morgan fingerprint density at radius 3 is 2.70 bits per heavy atom. The van der Waals surface area contributed by atoms with Crippen LogP contribution in [0.2, 0.25) is 5.02 Å². The van der Waals surface area contributed by atoms with Gasteiger partial charge in [0.2, 0.25) is 0 Å². The molecule has 0 radical (unpaired) electrons. The molecule has 0 saturated carbocycles. The van der Waals surface area contributed by atoms with Crippen molar-refractivity contribution in [3.8, 4) is 0 Å². The zero-order valence-electron chi connectivity index (χ0n) is 11.2. The largest absolute Gasteiger partial charge is 0.478 e. The summed E-state index contributed by atoms with van der Waals surface area (Å²) in [6.07, 6.45) is 0.822. The van der Waals surface area contributed by atoms with Crippen molar-refractivity contribution in [2.45, 2.75) is 13.3 Å². The number of amides is 2. The van der Waals surface area contributed by atoms with Crippen molar-refractivity contribution < 1.29 is 14.7 Å². The van der Waals surface area contributed by atoms with Crippen molar-refractivity contribution in [2.24, 2.45) is 0 Å². The molecule has 0 unspecified atom stereocenters. The molecule has 2 amide bonds. The molecule has 0 atom stereocenters. The van der Waals surface area contributed by atoms with Crippen LogP contribution in [-0.2, 0) is 0 Å². The van der Waals surface area contributed by atoms with Crippen LogP contribution in [0.15, 0.2) is 18.2 Å². The summed E-state index contributed by atoms with van der Waals surface area (Å²) >= 11 is 5.74. The highest BCUT2D eigenvalue weighted by molar-refractivity contribution is 6.33. The van der Waals surface area contributed by atoms with E-state index in [0.717, 1.165) is 19.5 Å². The number of halogens is 1. The number of rotatable bonds is 7. The van der Waals surface area contributed by atoms with Gasteiger partial charge in [0.15, 0.2) is 0 Å². The van der Waals surface area contributed by atoms with Gasteiger partial charge in [-0.25, -0.2) is 9.59 Å². The van der Waals surface area contributed by atoms with E-state index in [2.05, 4.69) is 16.0 Å². The summed E-state index contributed by atoms with van der Waals surface area (Å²) in [5.41, 5.74) is 0.340. The number of hydrogen-bond acceptors (Lipinski definition) is 3. The predicted molar refractivity (Wildman–Crippen MR) is 78.6 cm³/mol. The number of carboxylic acid groups (broad SMARTS) is 1. The van der Waals surface area contributed by atoms with E-state index in [0.29, 0.717) is 12.2 Å². The van der Waals surface area contributed by atoms with E-state index in [4.69, 9.17) is 16.7 Å². The summed E-state index contributed by atoms with van der Waals surface area (Å²) in [6, 6.07) is 3.93. The van der Waals surface area contributed by atoms with Gasteiger partial charge in [0.05, 0.1) is 10.6 Å². The van der Waals surface area contributed by atoms with Crippen LogP contribution in [0, 0.1) is 0 Å². The van der Waals surface area contributed by atoms with Gasteiger partial charge in [0.1, 0.15) is 0 Å². The molecule has 4 N–H and O–H groups in total. The summed E-state index contributed by atoms with van der Waals surface area (Å²) < 4.78 is 0. The molecule has 0 aromatic heterocycles. The number of urea groups is 1. The molecule has 0 aliphatic carbocycles. The molecule has 0 saturated heterocycles. The van der Waals surface area contributed by atoms with Crippen molar-refractivity contribution in [3.63, 3.8) is 0 Å². The number of benzene rings is 1. The lowest BCUT2D eigenvalue weighted by Crippen LogP contribution is -2.31. The van der Waals surface area contributed by atoms with Gasteiger partial charge in [-0.1, -0.05) is 18.5 Å². The molecule has 7 heteroatoms. The smallest absolute Gasteiger partial charge is 0.337 e. The average Bonchev–Trinajstić information content (AvgIpc) is 2.40. The maximum atomic E-state index is 11.6. The number of nitrogens with one attached hydrogen (secondary N) is 3. The second kappa shape index (κ2) is 8.39. The van der Waals surface area contributed by atoms with Gasteiger partial charge >= 0.3 is 12.0 Å². The minimum absolute atomic E-state index is 0.0448. The van der Waals surface area contributed by atoms with Gasteiger partial charge in [-0.15, -0.1) is 0 Å². The minimum Gasteiger partial charge on any atom is -0.478 e. The average molecular weight is 300 g/mol. The van der Waals surface area contributed by atoms with Crippen LogP contribution < -0.4 is 16.0 Å². The molecule has 0 bridgehead atoms. The van der Waals surface area contributed by atoms with Crippen molar-refractivity contribution in [2.75, 3.05) is 25.0 Å². The van der Waals surface area contributed by atoms with E-state index in [1.54, 1.807) is 6.07 Å². The molecule has 0 heterocycles. The van der Waals surface area contributed by atoms with Gasteiger partial charge in [0.25, 0.3) is 0 Å². The highest BCUT2D eigenvalue weighted by atomic mass is 35.5. The highest BCUT2D eigenvalue weighted by Gasteiger charge is 2.10. The molecule has 6 nitrogen and oxygen atoms in total. The number of carbonyl (C=O) groups is 2. The van der Waals surface area contributed by atoms with Gasteiger partial charge in [0, 0.05) is 12.2 Å². The number of carboxylic acids is 1. The Kier molecular flexibility index (Phi) is 6.83. The first kappa shape index (κ1) is 16.3. The SMILES string of the molecule is CCNCCCNC(=O)Nc1ccc(Cl)c(C(=O)O)c1. The fourth-order valence-electron chi connectivity index (χ4n) is 1.53. The van der Waals surface area contributed by atoms with Gasteiger partial charge in [-0.05, 0) is 37.7 Å². The summed E-state index contributed by atoms with van der Waals surface area (Å²) in [4.78, 5) is 22.5. The molecule has 110 valence electrons. The molecule has 20 heavy (non-hydrogen) atoms. The van der Waals surface area contributed by atoms with Crippen LogP contribution in [0.3, 0.4) is 0 Å². The molecule has 1 aromatic rings. The van der Waals surface area contributed by atoms with Crippen LogP contribution >= 0.6 is 11.6 Å². The van der Waals surface area contributed by atoms with E-state index in [1.807, 2.05) is 6.92 Å². The molecule has 0 aliphatic rings. The van der Waals surface area contributed by atoms with Crippen molar-refractivity contribution in [1.29, 1.82) is 0 Å². The van der Waals surface area contributed by atoms with E-state index < -0.39 is 5.97 Å². The molecule has 0 spiro atoms. The number of anilines is 1. The second-order valence-electron chi connectivity index (χ2n) is 4.09. The maximum Gasteiger partial charge on any atom is 0.337 e. The molecule has 0 fully saturated rings. The second-order valence-corrected chi connectivity index (χ2v) is 4.49. The zero-order chi connectivity index (χ0) is 15.0. The lowest BCUT2D eigenvalue weighted by molar-refractivity contribution is 0.0697. The van der Waals surface area contributed by atoms with Crippen molar-refractivity contribution in [3.05, 3.63) is 28.8 Å². The minimum atomic E-state index is -1.13. The Hall–Kier alpha value is -1.79. The first-order chi connectivity index (χ1) is 9.54.